The number of ether oxygens (including phenoxy) is 1. The van der Waals surface area contributed by atoms with Gasteiger partial charge in [-0.2, -0.15) is 40.9 Å². The van der Waals surface area contributed by atoms with Crippen molar-refractivity contribution >= 4 is 5.65 Å². The fourth-order valence-electron chi connectivity index (χ4n) is 2.66. The number of benzene rings is 1. The fraction of sp³-hybridized carbons (Fsp3) is 0.353. The number of halogens is 6. The van der Waals surface area contributed by atoms with Gasteiger partial charge in [-0.1, -0.05) is 26.0 Å². The highest BCUT2D eigenvalue weighted by Gasteiger charge is 2.31. The van der Waals surface area contributed by atoms with E-state index in [9.17, 15) is 31.1 Å². The van der Waals surface area contributed by atoms with Crippen molar-refractivity contribution < 1.29 is 31.1 Å². The number of alkyl halides is 6. The summed E-state index contributed by atoms with van der Waals surface area (Å²) in [4.78, 5) is 18.2. The molecule has 0 atom stereocenters. The van der Waals surface area contributed by atoms with Crippen molar-refractivity contribution in [2.45, 2.75) is 32.1 Å². The van der Waals surface area contributed by atoms with Crippen LogP contribution < -0.4 is 10.4 Å². The Bertz CT molecular complexity index is 1080. The Morgan fingerprint density at radius 1 is 1.10 bits per heavy atom. The molecule has 3 aromatic rings. The minimum absolute atomic E-state index is 0.130. The van der Waals surface area contributed by atoms with Crippen molar-refractivity contribution in [3.8, 4) is 17.1 Å². The van der Waals surface area contributed by atoms with Gasteiger partial charge in [-0.3, -0.25) is 4.98 Å². The number of hydrogen-bond donors (Lipinski definition) is 1. The van der Waals surface area contributed by atoms with Gasteiger partial charge in [-0.25, -0.2) is 4.79 Å². The van der Waals surface area contributed by atoms with Gasteiger partial charge in [0.25, 0.3) is 6.01 Å². The molecule has 2 aromatic heterocycles. The Hall–Kier alpha value is -3.05. The first-order valence-electron chi connectivity index (χ1n) is 8.27. The van der Waals surface area contributed by atoms with Gasteiger partial charge >= 0.3 is 18.0 Å². The topological polar surface area (TPSA) is 72.3 Å². The summed E-state index contributed by atoms with van der Waals surface area (Å²) < 4.78 is 81.0. The molecule has 0 aliphatic rings. The summed E-state index contributed by atoms with van der Waals surface area (Å²) >= 11 is 0. The summed E-state index contributed by atoms with van der Waals surface area (Å²) in [6.07, 6.45) is -9.18. The number of nitrogens with zero attached hydrogens (tertiary/aromatic N) is 3. The van der Waals surface area contributed by atoms with Gasteiger partial charge in [0.2, 0.25) is 0 Å². The molecular formula is C17H14F6N4O2. The van der Waals surface area contributed by atoms with E-state index in [1.54, 1.807) is 13.8 Å². The first-order chi connectivity index (χ1) is 13.4. The molecular weight excluding hydrogens is 406 g/mol. The summed E-state index contributed by atoms with van der Waals surface area (Å²) in [6.45, 7) is 1.81. The van der Waals surface area contributed by atoms with E-state index in [-0.39, 0.29) is 22.7 Å². The van der Waals surface area contributed by atoms with Crippen LogP contribution in [0.5, 0.6) is 6.01 Å². The van der Waals surface area contributed by atoms with Crippen molar-refractivity contribution in [3.05, 3.63) is 46.0 Å². The van der Waals surface area contributed by atoms with E-state index < -0.39 is 36.2 Å². The van der Waals surface area contributed by atoms with Crippen molar-refractivity contribution in [3.63, 3.8) is 0 Å². The predicted molar refractivity (Wildman–Crippen MR) is 89.7 cm³/mol. The second kappa shape index (κ2) is 7.08. The maximum absolute atomic E-state index is 12.8. The van der Waals surface area contributed by atoms with Crippen LogP contribution in [0.2, 0.25) is 0 Å². The van der Waals surface area contributed by atoms with Gasteiger partial charge in [0.15, 0.2) is 12.3 Å². The van der Waals surface area contributed by atoms with Crippen LogP contribution in [0.4, 0.5) is 26.3 Å². The largest absolute Gasteiger partial charge is 0.455 e. The minimum atomic E-state index is -4.65. The van der Waals surface area contributed by atoms with Crippen LogP contribution in [-0.2, 0) is 6.18 Å². The van der Waals surface area contributed by atoms with Crippen molar-refractivity contribution in [1.82, 2.24) is 19.6 Å². The molecule has 12 heteroatoms. The molecule has 3 rings (SSSR count). The number of hydrogen-bond acceptors (Lipinski definition) is 4. The summed E-state index contributed by atoms with van der Waals surface area (Å²) in [5, 5.41) is 4.12. The quantitative estimate of drug-likeness (QED) is 0.644. The Labute approximate surface area is 159 Å². The lowest BCUT2D eigenvalue weighted by Gasteiger charge is -2.10. The third-order valence-electron chi connectivity index (χ3n) is 3.92. The number of fused-ring (bicyclic) bond motifs is 1. The molecule has 29 heavy (non-hydrogen) atoms. The van der Waals surface area contributed by atoms with Gasteiger partial charge in [0.05, 0.1) is 16.8 Å². The average Bonchev–Trinajstić information content (AvgIpc) is 2.99. The third-order valence-corrected chi connectivity index (χ3v) is 3.92. The molecule has 0 amide bonds. The molecule has 1 aromatic carbocycles. The van der Waals surface area contributed by atoms with Crippen LogP contribution in [0.1, 0.15) is 31.0 Å². The molecule has 0 fully saturated rings. The van der Waals surface area contributed by atoms with Gasteiger partial charge in [-0.05, 0) is 23.6 Å². The molecule has 0 unspecified atom stereocenters. The SMILES string of the molecule is CC(C)c1nn2c(=O)[nH]c(OCC(F)(F)F)nc2c1-c1ccc(C(F)(F)F)cc1. The molecule has 0 saturated heterocycles. The van der Waals surface area contributed by atoms with Gasteiger partial charge in [-0.15, -0.1) is 0 Å². The van der Waals surface area contributed by atoms with Gasteiger partial charge in [0, 0.05) is 0 Å². The zero-order valence-electron chi connectivity index (χ0n) is 15.0. The van der Waals surface area contributed by atoms with Crippen LogP contribution in [0, 0.1) is 0 Å². The van der Waals surface area contributed by atoms with Crippen molar-refractivity contribution in [1.29, 1.82) is 0 Å². The average molecular weight is 420 g/mol. The molecule has 0 bridgehead atoms. The molecule has 0 saturated carbocycles. The number of aromatic nitrogens is 4. The van der Waals surface area contributed by atoms with Gasteiger partial charge in [0.1, 0.15) is 0 Å². The predicted octanol–water partition coefficient (Wildman–Crippen LogP) is 4.17. The highest BCUT2D eigenvalue weighted by molar-refractivity contribution is 5.80. The second-order valence-corrected chi connectivity index (χ2v) is 6.48. The summed E-state index contributed by atoms with van der Waals surface area (Å²) in [6, 6.07) is 3.41. The van der Waals surface area contributed by atoms with Crippen LogP contribution >= 0.6 is 0 Å². The van der Waals surface area contributed by atoms with E-state index in [1.165, 1.54) is 12.1 Å². The minimum Gasteiger partial charge on any atom is -0.455 e. The molecule has 6 nitrogen and oxygen atoms in total. The van der Waals surface area contributed by atoms with E-state index in [4.69, 9.17) is 0 Å². The lowest BCUT2D eigenvalue weighted by molar-refractivity contribution is -0.154. The molecule has 0 spiro atoms. The van der Waals surface area contributed by atoms with Crippen LogP contribution in [0.3, 0.4) is 0 Å². The first-order valence-corrected chi connectivity index (χ1v) is 8.27. The van der Waals surface area contributed by atoms with E-state index in [2.05, 4.69) is 14.8 Å². The Morgan fingerprint density at radius 2 is 1.72 bits per heavy atom. The molecule has 1 N–H and O–H groups in total. The Balaban J connectivity index is 2.17. The lowest BCUT2D eigenvalue weighted by atomic mass is 9.98. The summed E-state index contributed by atoms with van der Waals surface area (Å²) in [5.74, 6) is -0.257. The number of aromatic amines is 1. The highest BCUT2D eigenvalue weighted by Crippen LogP contribution is 2.35. The smallest absolute Gasteiger partial charge is 0.422 e. The maximum Gasteiger partial charge on any atom is 0.422 e. The molecule has 0 aliphatic heterocycles. The van der Waals surface area contributed by atoms with Crippen LogP contribution in [0.15, 0.2) is 29.1 Å². The van der Waals surface area contributed by atoms with Crippen LogP contribution in [0.25, 0.3) is 16.8 Å². The number of rotatable bonds is 4. The zero-order valence-corrected chi connectivity index (χ0v) is 15.0. The molecule has 2 heterocycles. The zero-order chi connectivity index (χ0) is 21.6. The van der Waals surface area contributed by atoms with Gasteiger partial charge < -0.3 is 4.74 Å². The molecule has 0 aliphatic carbocycles. The standard InChI is InChI=1S/C17H14F6N4O2/c1-8(2)12-11(9-3-5-10(6-4-9)17(21,22)23)13-24-14(29-7-16(18,19)20)25-15(28)27(13)26-12/h3-6,8H,7H2,1-2H3,(H,24,25,28). The highest BCUT2D eigenvalue weighted by atomic mass is 19.4. The molecule has 156 valence electrons. The maximum atomic E-state index is 12.8. The van der Waals surface area contributed by atoms with E-state index in [1.807, 2.05) is 4.98 Å². The summed E-state index contributed by atoms with van der Waals surface area (Å²) in [5.41, 5.74) is -1.05. The Morgan fingerprint density at radius 3 is 2.24 bits per heavy atom. The fourth-order valence-corrected chi connectivity index (χ4v) is 2.66. The van der Waals surface area contributed by atoms with Crippen molar-refractivity contribution in [2.24, 2.45) is 0 Å². The Kier molecular flexibility index (Phi) is 5.05. The van der Waals surface area contributed by atoms with E-state index in [0.29, 0.717) is 5.69 Å². The number of nitrogens with one attached hydrogen (secondary N) is 1. The number of H-pyrrole nitrogens is 1. The molecule has 0 radical (unpaired) electrons. The van der Waals surface area contributed by atoms with E-state index in [0.717, 1.165) is 16.6 Å². The summed E-state index contributed by atoms with van der Waals surface area (Å²) in [7, 11) is 0. The normalized spacial score (nSPS) is 12.7. The second-order valence-electron chi connectivity index (χ2n) is 6.48. The third kappa shape index (κ3) is 4.35. The van der Waals surface area contributed by atoms with Crippen molar-refractivity contribution in [2.75, 3.05) is 6.61 Å². The lowest BCUT2D eigenvalue weighted by Crippen LogP contribution is -2.24. The monoisotopic (exact) mass is 420 g/mol. The van der Waals surface area contributed by atoms with E-state index >= 15 is 0 Å². The van der Waals surface area contributed by atoms with Crippen LogP contribution in [-0.4, -0.2) is 32.4 Å². The first kappa shape index (κ1) is 20.7.